The van der Waals surface area contributed by atoms with Crippen LogP contribution in [0.1, 0.15) is 5.56 Å². The van der Waals surface area contributed by atoms with Crippen LogP contribution in [0.15, 0.2) is 91.1 Å². The third kappa shape index (κ3) is 4.76. The average Bonchev–Trinajstić information content (AvgIpc) is 3.23. The first kappa shape index (κ1) is 20.7. The van der Waals surface area contributed by atoms with Gasteiger partial charge in [0.15, 0.2) is 0 Å². The van der Waals surface area contributed by atoms with Crippen LogP contribution in [0.3, 0.4) is 0 Å². The molecule has 1 N–H and O–H groups in total. The van der Waals surface area contributed by atoms with Gasteiger partial charge in [-0.15, -0.1) is 0 Å². The molecule has 0 aliphatic rings. The van der Waals surface area contributed by atoms with E-state index in [1.165, 1.54) is 36.4 Å². The van der Waals surface area contributed by atoms with Crippen LogP contribution >= 0.6 is 0 Å². The number of carbonyl (C=O) groups is 1. The van der Waals surface area contributed by atoms with Gasteiger partial charge >= 0.3 is 0 Å². The number of nitrogens with one attached hydrogen (secondary N) is 1. The van der Waals surface area contributed by atoms with Crippen LogP contribution in [0.2, 0.25) is 0 Å². The van der Waals surface area contributed by atoms with Gasteiger partial charge in [0.25, 0.3) is 5.69 Å². The van der Waals surface area contributed by atoms with Crippen LogP contribution in [0.5, 0.6) is 0 Å². The number of amides is 1. The zero-order valence-electron chi connectivity index (χ0n) is 16.7. The highest BCUT2D eigenvalue weighted by atomic mass is 19.1. The van der Waals surface area contributed by atoms with Crippen molar-refractivity contribution in [2.75, 3.05) is 5.32 Å². The molecule has 8 heteroatoms. The molecule has 7 nitrogen and oxygen atoms in total. The fraction of sp³-hybridized carbons (Fsp3) is 0. The van der Waals surface area contributed by atoms with Crippen molar-refractivity contribution in [3.8, 4) is 16.9 Å². The lowest BCUT2D eigenvalue weighted by Gasteiger charge is -2.02. The third-order valence-electron chi connectivity index (χ3n) is 4.62. The van der Waals surface area contributed by atoms with Crippen molar-refractivity contribution in [2.45, 2.75) is 0 Å². The number of para-hydroxylation sites is 1. The summed E-state index contributed by atoms with van der Waals surface area (Å²) in [6.45, 7) is 0. The number of halogens is 1. The van der Waals surface area contributed by atoms with E-state index in [4.69, 9.17) is 0 Å². The van der Waals surface area contributed by atoms with Crippen molar-refractivity contribution in [2.24, 2.45) is 0 Å². The molecule has 0 unspecified atom stereocenters. The highest BCUT2D eigenvalue weighted by Gasteiger charge is 2.12. The number of hydrogen-bond donors (Lipinski definition) is 1. The molecule has 0 atom stereocenters. The summed E-state index contributed by atoms with van der Waals surface area (Å²) in [7, 11) is 0. The molecule has 1 aromatic heterocycles. The molecule has 1 heterocycles. The average molecular weight is 428 g/mol. The molecule has 4 aromatic rings. The zero-order chi connectivity index (χ0) is 22.5. The second-order valence-electron chi connectivity index (χ2n) is 6.85. The Bertz CT molecular complexity index is 1300. The topological polar surface area (TPSA) is 90.1 Å². The summed E-state index contributed by atoms with van der Waals surface area (Å²) in [6.07, 6.45) is 4.68. The van der Waals surface area contributed by atoms with Gasteiger partial charge in [0, 0.05) is 41.2 Å². The number of nitro benzene ring substituents is 1. The normalized spacial score (nSPS) is 10.9. The lowest BCUT2D eigenvalue weighted by atomic mass is 10.1. The summed E-state index contributed by atoms with van der Waals surface area (Å²) in [6, 6.07) is 21.1. The maximum atomic E-state index is 13.4. The number of nitrogens with zero attached hydrogens (tertiary/aromatic N) is 3. The summed E-state index contributed by atoms with van der Waals surface area (Å²) in [5, 5.41) is 18.1. The number of rotatable bonds is 6. The fourth-order valence-corrected chi connectivity index (χ4v) is 3.10. The maximum absolute atomic E-state index is 13.4. The van der Waals surface area contributed by atoms with Crippen LogP contribution in [0, 0.1) is 15.9 Å². The van der Waals surface area contributed by atoms with E-state index >= 15 is 0 Å². The van der Waals surface area contributed by atoms with Crippen molar-refractivity contribution in [3.05, 3.63) is 113 Å². The number of anilines is 1. The number of carbonyl (C=O) groups excluding carboxylic acids is 1. The van der Waals surface area contributed by atoms with E-state index in [1.54, 1.807) is 35.2 Å². The van der Waals surface area contributed by atoms with Crippen LogP contribution in [-0.2, 0) is 4.79 Å². The molecule has 0 saturated carbocycles. The predicted octanol–water partition coefficient (Wildman–Crippen LogP) is 5.24. The van der Waals surface area contributed by atoms with E-state index in [0.29, 0.717) is 22.5 Å². The molecular weight excluding hydrogens is 411 g/mol. The minimum atomic E-state index is -0.529. The summed E-state index contributed by atoms with van der Waals surface area (Å²) in [4.78, 5) is 22.8. The first-order valence-corrected chi connectivity index (χ1v) is 9.64. The number of aromatic nitrogens is 2. The van der Waals surface area contributed by atoms with Gasteiger partial charge in [-0.25, -0.2) is 9.07 Å². The molecule has 0 aliphatic heterocycles. The summed E-state index contributed by atoms with van der Waals surface area (Å²) < 4.78 is 15.1. The molecule has 0 radical (unpaired) electrons. The second kappa shape index (κ2) is 9.05. The second-order valence-corrected chi connectivity index (χ2v) is 6.85. The quantitative estimate of drug-likeness (QED) is 0.258. The number of benzene rings is 3. The molecule has 4 rings (SSSR count). The van der Waals surface area contributed by atoms with Gasteiger partial charge in [-0.05, 0) is 48.5 Å². The zero-order valence-corrected chi connectivity index (χ0v) is 16.7. The van der Waals surface area contributed by atoms with Crippen molar-refractivity contribution in [1.29, 1.82) is 0 Å². The van der Waals surface area contributed by atoms with Crippen molar-refractivity contribution in [3.63, 3.8) is 0 Å². The number of nitro groups is 1. The van der Waals surface area contributed by atoms with Crippen LogP contribution < -0.4 is 5.32 Å². The lowest BCUT2D eigenvalue weighted by molar-refractivity contribution is -0.384. The highest BCUT2D eigenvalue weighted by molar-refractivity contribution is 6.02. The van der Waals surface area contributed by atoms with Gasteiger partial charge in [0.05, 0.1) is 16.3 Å². The van der Waals surface area contributed by atoms with Gasteiger partial charge in [-0.3, -0.25) is 14.9 Å². The molecule has 0 aliphatic carbocycles. The van der Waals surface area contributed by atoms with Crippen molar-refractivity contribution < 1.29 is 14.1 Å². The Balaban J connectivity index is 1.63. The SMILES string of the molecule is O=C(/C=C/c1cn(-c2ccccc2)nc1-c1ccc(F)cc1)Nc1cccc([N+](=O)[O-])c1. The van der Waals surface area contributed by atoms with Crippen molar-refractivity contribution >= 4 is 23.4 Å². The molecule has 0 fully saturated rings. The van der Waals surface area contributed by atoms with E-state index in [0.717, 1.165) is 5.69 Å². The lowest BCUT2D eigenvalue weighted by Crippen LogP contribution is -2.07. The molecule has 0 saturated heterocycles. The molecule has 32 heavy (non-hydrogen) atoms. The summed E-state index contributed by atoms with van der Waals surface area (Å²) >= 11 is 0. The maximum Gasteiger partial charge on any atom is 0.271 e. The molecule has 158 valence electrons. The van der Waals surface area contributed by atoms with Crippen LogP contribution in [0.4, 0.5) is 15.8 Å². The highest BCUT2D eigenvalue weighted by Crippen LogP contribution is 2.25. The smallest absolute Gasteiger partial charge is 0.271 e. The van der Waals surface area contributed by atoms with Gasteiger partial charge in [-0.2, -0.15) is 5.10 Å². The molecule has 3 aromatic carbocycles. The van der Waals surface area contributed by atoms with E-state index < -0.39 is 10.8 Å². The van der Waals surface area contributed by atoms with Gasteiger partial charge < -0.3 is 5.32 Å². The first-order chi connectivity index (χ1) is 15.5. The molecular formula is C24H17FN4O3. The first-order valence-electron chi connectivity index (χ1n) is 9.64. The molecule has 0 bridgehead atoms. The predicted molar refractivity (Wildman–Crippen MR) is 120 cm³/mol. The standard InChI is InChI=1S/C24H17FN4O3/c25-19-12-9-17(10-13-19)24-18(16-28(27-24)21-6-2-1-3-7-21)11-14-23(30)26-20-5-4-8-22(15-20)29(31)32/h1-16H,(H,26,30)/b14-11+. The Morgan fingerprint density at radius 1 is 1.03 bits per heavy atom. The van der Waals surface area contributed by atoms with E-state index in [-0.39, 0.29) is 11.5 Å². The molecule has 0 spiro atoms. The Kier molecular flexibility index (Phi) is 5.85. The Morgan fingerprint density at radius 3 is 2.50 bits per heavy atom. The van der Waals surface area contributed by atoms with Gasteiger partial charge in [0.2, 0.25) is 5.91 Å². The van der Waals surface area contributed by atoms with Crippen LogP contribution in [0.25, 0.3) is 23.0 Å². The number of hydrogen-bond acceptors (Lipinski definition) is 4. The van der Waals surface area contributed by atoms with Crippen molar-refractivity contribution in [1.82, 2.24) is 9.78 Å². The Labute approximate surface area is 182 Å². The van der Waals surface area contributed by atoms with E-state index in [2.05, 4.69) is 10.4 Å². The summed E-state index contributed by atoms with van der Waals surface area (Å²) in [5.41, 5.74) is 2.95. The Morgan fingerprint density at radius 2 is 1.78 bits per heavy atom. The van der Waals surface area contributed by atoms with Crippen LogP contribution in [-0.4, -0.2) is 20.6 Å². The van der Waals surface area contributed by atoms with Gasteiger partial charge in [-0.1, -0.05) is 24.3 Å². The van der Waals surface area contributed by atoms with Gasteiger partial charge in [0.1, 0.15) is 5.82 Å². The number of non-ortho nitro benzene ring substituents is 1. The largest absolute Gasteiger partial charge is 0.322 e. The van der Waals surface area contributed by atoms with E-state index in [1.807, 2.05) is 30.3 Å². The summed E-state index contributed by atoms with van der Waals surface area (Å²) in [5.74, 6) is -0.812. The van der Waals surface area contributed by atoms with E-state index in [9.17, 15) is 19.3 Å². The third-order valence-corrected chi connectivity index (χ3v) is 4.62. The molecule has 1 amide bonds. The fourth-order valence-electron chi connectivity index (χ4n) is 3.10. The monoisotopic (exact) mass is 428 g/mol. The minimum absolute atomic E-state index is 0.116. The minimum Gasteiger partial charge on any atom is -0.322 e. The Hall–Kier alpha value is -4.59.